The van der Waals surface area contributed by atoms with E-state index in [1.165, 1.54) is 6.07 Å². The number of amides is 1. The SMILES string of the molecule is CNCc1cccc(F)c1OCC(=O)NC1CCOCC1. The Morgan fingerprint density at radius 2 is 2.19 bits per heavy atom. The molecule has 0 aliphatic carbocycles. The summed E-state index contributed by atoms with van der Waals surface area (Å²) >= 11 is 0. The molecule has 5 nitrogen and oxygen atoms in total. The lowest BCUT2D eigenvalue weighted by atomic mass is 10.1. The highest BCUT2D eigenvalue weighted by atomic mass is 19.1. The standard InChI is InChI=1S/C15H21FN2O3/c1-17-9-11-3-2-4-13(16)15(11)21-10-14(19)18-12-5-7-20-8-6-12/h2-4,12,17H,5-10H2,1H3,(H,18,19). The zero-order valence-corrected chi connectivity index (χ0v) is 12.2. The van der Waals surface area contributed by atoms with Gasteiger partial charge in [0.25, 0.3) is 5.91 Å². The highest BCUT2D eigenvalue weighted by Crippen LogP contribution is 2.22. The average molecular weight is 296 g/mol. The molecule has 6 heteroatoms. The molecule has 2 N–H and O–H groups in total. The summed E-state index contributed by atoms with van der Waals surface area (Å²) in [6.07, 6.45) is 1.60. The summed E-state index contributed by atoms with van der Waals surface area (Å²) in [5.41, 5.74) is 0.691. The minimum atomic E-state index is -0.457. The fourth-order valence-electron chi connectivity index (χ4n) is 2.29. The number of nitrogens with one attached hydrogen (secondary N) is 2. The van der Waals surface area contributed by atoms with Gasteiger partial charge in [0.1, 0.15) is 0 Å². The van der Waals surface area contributed by atoms with Crippen LogP contribution in [0.15, 0.2) is 18.2 Å². The lowest BCUT2D eigenvalue weighted by molar-refractivity contribution is -0.124. The first-order valence-electron chi connectivity index (χ1n) is 7.12. The van der Waals surface area contributed by atoms with Gasteiger partial charge in [-0.15, -0.1) is 0 Å². The number of carbonyl (C=O) groups excluding carboxylic acids is 1. The number of halogens is 1. The van der Waals surface area contributed by atoms with Crippen LogP contribution in [-0.4, -0.2) is 38.8 Å². The second kappa shape index (κ2) is 7.95. The molecule has 0 radical (unpaired) electrons. The molecule has 1 aliphatic rings. The lowest BCUT2D eigenvalue weighted by Gasteiger charge is -2.23. The number of para-hydroxylation sites is 1. The van der Waals surface area contributed by atoms with Crippen molar-refractivity contribution >= 4 is 5.91 Å². The summed E-state index contributed by atoms with van der Waals surface area (Å²) in [4.78, 5) is 11.9. The van der Waals surface area contributed by atoms with Gasteiger partial charge in [-0.3, -0.25) is 4.79 Å². The molecular formula is C15H21FN2O3. The molecule has 1 aromatic carbocycles. The summed E-state index contributed by atoms with van der Waals surface area (Å²) < 4.78 is 24.4. The van der Waals surface area contributed by atoms with E-state index in [1.54, 1.807) is 19.2 Å². The van der Waals surface area contributed by atoms with Crippen molar-refractivity contribution in [3.63, 3.8) is 0 Å². The van der Waals surface area contributed by atoms with Crippen molar-refractivity contribution in [1.82, 2.24) is 10.6 Å². The zero-order valence-electron chi connectivity index (χ0n) is 12.2. The monoisotopic (exact) mass is 296 g/mol. The molecule has 1 aromatic rings. The van der Waals surface area contributed by atoms with E-state index in [0.29, 0.717) is 25.3 Å². The van der Waals surface area contributed by atoms with E-state index < -0.39 is 5.82 Å². The topological polar surface area (TPSA) is 59.6 Å². The smallest absolute Gasteiger partial charge is 0.258 e. The second-order valence-electron chi connectivity index (χ2n) is 5.00. The van der Waals surface area contributed by atoms with Crippen molar-refractivity contribution in [3.8, 4) is 5.75 Å². The Morgan fingerprint density at radius 1 is 1.43 bits per heavy atom. The Hall–Kier alpha value is -1.66. The molecule has 0 aromatic heterocycles. The fourth-order valence-corrected chi connectivity index (χ4v) is 2.29. The largest absolute Gasteiger partial charge is 0.480 e. The van der Waals surface area contributed by atoms with Gasteiger partial charge in [-0.05, 0) is 26.0 Å². The first-order valence-corrected chi connectivity index (χ1v) is 7.12. The van der Waals surface area contributed by atoms with Crippen LogP contribution in [0.4, 0.5) is 4.39 Å². The molecule has 2 rings (SSSR count). The van der Waals surface area contributed by atoms with Crippen LogP contribution in [0, 0.1) is 5.82 Å². The van der Waals surface area contributed by atoms with Crippen LogP contribution in [0.25, 0.3) is 0 Å². The van der Waals surface area contributed by atoms with Crippen molar-refractivity contribution in [3.05, 3.63) is 29.6 Å². The van der Waals surface area contributed by atoms with Crippen molar-refractivity contribution in [2.45, 2.75) is 25.4 Å². The predicted molar refractivity (Wildman–Crippen MR) is 76.6 cm³/mol. The Labute approximate surface area is 123 Å². The van der Waals surface area contributed by atoms with Crippen LogP contribution >= 0.6 is 0 Å². The van der Waals surface area contributed by atoms with Gasteiger partial charge in [-0.2, -0.15) is 0 Å². The summed E-state index contributed by atoms with van der Waals surface area (Å²) in [6, 6.07) is 4.83. The minimum Gasteiger partial charge on any atom is -0.480 e. The summed E-state index contributed by atoms with van der Waals surface area (Å²) in [5.74, 6) is -0.559. The molecule has 0 unspecified atom stereocenters. The number of hydrogen-bond acceptors (Lipinski definition) is 4. The normalized spacial score (nSPS) is 15.7. The molecule has 1 fully saturated rings. The van der Waals surface area contributed by atoms with E-state index in [9.17, 15) is 9.18 Å². The maximum atomic E-state index is 13.8. The van der Waals surface area contributed by atoms with Gasteiger partial charge in [0.2, 0.25) is 0 Å². The van der Waals surface area contributed by atoms with E-state index in [4.69, 9.17) is 9.47 Å². The average Bonchev–Trinajstić information content (AvgIpc) is 2.48. The van der Waals surface area contributed by atoms with E-state index in [1.807, 2.05) is 0 Å². The van der Waals surface area contributed by atoms with E-state index in [0.717, 1.165) is 12.8 Å². The van der Waals surface area contributed by atoms with Crippen molar-refractivity contribution in [1.29, 1.82) is 0 Å². The highest BCUT2D eigenvalue weighted by molar-refractivity contribution is 5.77. The van der Waals surface area contributed by atoms with Gasteiger partial charge in [0, 0.05) is 31.4 Å². The van der Waals surface area contributed by atoms with Gasteiger partial charge in [0.15, 0.2) is 18.2 Å². The molecule has 1 saturated heterocycles. The van der Waals surface area contributed by atoms with Crippen molar-refractivity contribution in [2.24, 2.45) is 0 Å². The number of ether oxygens (including phenoxy) is 2. The summed E-state index contributed by atoms with van der Waals surface area (Å²) in [5, 5.41) is 5.82. The van der Waals surface area contributed by atoms with Gasteiger partial charge in [-0.1, -0.05) is 12.1 Å². The number of benzene rings is 1. The molecule has 0 saturated carbocycles. The summed E-state index contributed by atoms with van der Waals surface area (Å²) in [6.45, 7) is 1.61. The van der Waals surface area contributed by atoms with Crippen LogP contribution in [0.3, 0.4) is 0 Å². The molecule has 21 heavy (non-hydrogen) atoms. The summed E-state index contributed by atoms with van der Waals surface area (Å²) in [7, 11) is 1.77. The Balaban J connectivity index is 1.88. The van der Waals surface area contributed by atoms with Gasteiger partial charge < -0.3 is 20.1 Å². The van der Waals surface area contributed by atoms with Crippen molar-refractivity contribution < 1.29 is 18.7 Å². The van der Waals surface area contributed by atoms with Crippen LogP contribution in [0.2, 0.25) is 0 Å². The highest BCUT2D eigenvalue weighted by Gasteiger charge is 2.17. The molecular weight excluding hydrogens is 275 g/mol. The number of carbonyl (C=O) groups is 1. The van der Waals surface area contributed by atoms with Crippen LogP contribution in [0.5, 0.6) is 5.75 Å². The first kappa shape index (κ1) is 15.7. The fraction of sp³-hybridized carbons (Fsp3) is 0.533. The third-order valence-electron chi connectivity index (χ3n) is 3.35. The maximum Gasteiger partial charge on any atom is 0.258 e. The molecule has 0 bridgehead atoms. The molecule has 1 amide bonds. The molecule has 1 heterocycles. The van der Waals surface area contributed by atoms with E-state index in [-0.39, 0.29) is 24.3 Å². The zero-order chi connectivity index (χ0) is 15.1. The van der Waals surface area contributed by atoms with Crippen LogP contribution in [-0.2, 0) is 16.1 Å². The second-order valence-corrected chi connectivity index (χ2v) is 5.00. The Kier molecular flexibility index (Phi) is 5.95. The minimum absolute atomic E-state index is 0.118. The van der Waals surface area contributed by atoms with E-state index >= 15 is 0 Å². The maximum absolute atomic E-state index is 13.8. The molecule has 0 atom stereocenters. The molecule has 116 valence electrons. The third kappa shape index (κ3) is 4.68. The Bertz CT molecular complexity index is 476. The van der Waals surface area contributed by atoms with Gasteiger partial charge in [-0.25, -0.2) is 4.39 Å². The lowest BCUT2D eigenvalue weighted by Crippen LogP contribution is -2.41. The van der Waals surface area contributed by atoms with Crippen LogP contribution in [0.1, 0.15) is 18.4 Å². The van der Waals surface area contributed by atoms with Crippen LogP contribution < -0.4 is 15.4 Å². The third-order valence-corrected chi connectivity index (χ3v) is 3.35. The molecule has 0 spiro atoms. The van der Waals surface area contributed by atoms with E-state index in [2.05, 4.69) is 10.6 Å². The van der Waals surface area contributed by atoms with Gasteiger partial charge >= 0.3 is 0 Å². The predicted octanol–water partition coefficient (Wildman–Crippen LogP) is 1.22. The number of hydrogen-bond donors (Lipinski definition) is 2. The Morgan fingerprint density at radius 3 is 2.90 bits per heavy atom. The first-order chi connectivity index (χ1) is 10.2. The van der Waals surface area contributed by atoms with Gasteiger partial charge in [0.05, 0.1) is 0 Å². The quantitative estimate of drug-likeness (QED) is 0.828. The van der Waals surface area contributed by atoms with Crippen molar-refractivity contribution in [2.75, 3.05) is 26.9 Å². The number of rotatable bonds is 6. The molecule has 1 aliphatic heterocycles.